The van der Waals surface area contributed by atoms with Gasteiger partial charge in [0.25, 0.3) is 0 Å². The van der Waals surface area contributed by atoms with Gasteiger partial charge >= 0.3 is 0 Å². The number of hydrogen-bond donors (Lipinski definition) is 1. The quantitative estimate of drug-likeness (QED) is 0.354. The Kier molecular flexibility index (Phi) is 10.2. The normalized spacial score (nSPS) is 12.0. The van der Waals surface area contributed by atoms with Crippen LogP contribution >= 0.6 is 23.2 Å². The smallest absolute Gasteiger partial charge is 0.244 e. The Bertz CT molecular complexity index is 1380. The summed E-state index contributed by atoms with van der Waals surface area (Å²) >= 11 is 12.3. The van der Waals surface area contributed by atoms with Crippen molar-refractivity contribution >= 4 is 50.7 Å². The van der Waals surface area contributed by atoms with E-state index in [0.717, 1.165) is 16.1 Å². The van der Waals surface area contributed by atoms with Crippen LogP contribution in [-0.2, 0) is 32.6 Å². The molecule has 0 aliphatic heterocycles. The van der Waals surface area contributed by atoms with Crippen LogP contribution in [0.25, 0.3) is 0 Å². The van der Waals surface area contributed by atoms with Gasteiger partial charge in [-0.2, -0.15) is 0 Å². The highest BCUT2D eigenvalue weighted by molar-refractivity contribution is 7.92. The zero-order valence-electron chi connectivity index (χ0n) is 21.5. The first kappa shape index (κ1) is 29.5. The predicted octanol–water partition coefficient (Wildman–Crippen LogP) is 4.84. The lowest BCUT2D eigenvalue weighted by Crippen LogP contribution is -2.53. The summed E-state index contributed by atoms with van der Waals surface area (Å²) in [4.78, 5) is 28.7. The lowest BCUT2D eigenvalue weighted by molar-refractivity contribution is -0.140. The average molecular weight is 577 g/mol. The molecular weight excluding hydrogens is 545 g/mol. The second-order valence-electron chi connectivity index (χ2n) is 8.93. The molecule has 3 aromatic rings. The van der Waals surface area contributed by atoms with Gasteiger partial charge in [-0.3, -0.25) is 13.9 Å². The molecule has 38 heavy (non-hydrogen) atoms. The largest absolute Gasteiger partial charge is 0.355 e. The van der Waals surface area contributed by atoms with Crippen molar-refractivity contribution in [3.63, 3.8) is 0 Å². The zero-order valence-corrected chi connectivity index (χ0v) is 23.9. The summed E-state index contributed by atoms with van der Waals surface area (Å²) in [6.45, 7) is 3.49. The number of carbonyl (C=O) groups is 2. The molecule has 2 amide bonds. The van der Waals surface area contributed by atoms with E-state index < -0.39 is 28.5 Å². The number of aryl methyl sites for hydroxylation is 1. The van der Waals surface area contributed by atoms with Crippen LogP contribution in [-0.4, -0.2) is 50.5 Å². The summed E-state index contributed by atoms with van der Waals surface area (Å²) in [5.74, 6) is -0.872. The van der Waals surface area contributed by atoms with Crippen molar-refractivity contribution in [2.24, 2.45) is 0 Å². The maximum atomic E-state index is 14.0. The first-order valence-corrected chi connectivity index (χ1v) is 14.7. The van der Waals surface area contributed by atoms with Crippen LogP contribution in [0.4, 0.5) is 5.69 Å². The molecule has 0 saturated carbocycles. The van der Waals surface area contributed by atoms with E-state index in [9.17, 15) is 18.0 Å². The lowest BCUT2D eigenvalue weighted by Gasteiger charge is -2.33. The van der Waals surface area contributed by atoms with Gasteiger partial charge in [0.2, 0.25) is 21.8 Å². The second kappa shape index (κ2) is 13.1. The highest BCUT2D eigenvalue weighted by Gasteiger charge is 2.33. The summed E-state index contributed by atoms with van der Waals surface area (Å²) in [5.41, 5.74) is 2.60. The van der Waals surface area contributed by atoms with E-state index in [0.29, 0.717) is 33.4 Å². The molecule has 0 aromatic heterocycles. The van der Waals surface area contributed by atoms with Crippen molar-refractivity contribution in [1.82, 2.24) is 10.2 Å². The van der Waals surface area contributed by atoms with E-state index in [1.54, 1.807) is 56.3 Å². The minimum Gasteiger partial charge on any atom is -0.355 e. The molecule has 7 nitrogen and oxygen atoms in total. The first-order valence-electron chi connectivity index (χ1n) is 12.1. The van der Waals surface area contributed by atoms with Gasteiger partial charge in [-0.05, 0) is 48.7 Å². The van der Waals surface area contributed by atoms with Crippen LogP contribution in [0, 0.1) is 6.92 Å². The Labute approximate surface area is 234 Å². The first-order chi connectivity index (χ1) is 18.0. The molecule has 3 rings (SSSR count). The summed E-state index contributed by atoms with van der Waals surface area (Å²) in [5, 5.41) is 3.49. The molecule has 1 N–H and O–H groups in total. The monoisotopic (exact) mass is 575 g/mol. The maximum Gasteiger partial charge on any atom is 0.244 e. The standard InChI is InChI=1S/C28H31Cl2N3O4S/c1-4-31-28(35)26(17-21-11-6-5-7-12-21)32(18-22-14-15-23(29)24(30)16-22)27(34)19-33(38(3,36)37)25-13-9-8-10-20(25)2/h5-16,26H,4,17-19H2,1-3H3,(H,31,35). The molecule has 0 fully saturated rings. The van der Waals surface area contributed by atoms with Crippen molar-refractivity contribution < 1.29 is 18.0 Å². The number of amides is 2. The van der Waals surface area contributed by atoms with Gasteiger partial charge in [0.1, 0.15) is 12.6 Å². The van der Waals surface area contributed by atoms with Gasteiger partial charge in [0.15, 0.2) is 0 Å². The molecule has 1 atom stereocenters. The van der Waals surface area contributed by atoms with Crippen LogP contribution in [0.2, 0.25) is 10.0 Å². The van der Waals surface area contributed by atoms with Crippen LogP contribution in [0.3, 0.4) is 0 Å². The van der Waals surface area contributed by atoms with Gasteiger partial charge in [-0.15, -0.1) is 0 Å². The third kappa shape index (κ3) is 7.72. The topological polar surface area (TPSA) is 86.8 Å². The number of sulfonamides is 1. The van der Waals surface area contributed by atoms with Gasteiger partial charge in [0.05, 0.1) is 22.0 Å². The summed E-state index contributed by atoms with van der Waals surface area (Å²) in [7, 11) is -3.82. The Balaban J connectivity index is 2.07. The minimum atomic E-state index is -3.82. The van der Waals surface area contributed by atoms with Crippen molar-refractivity contribution in [1.29, 1.82) is 0 Å². The predicted molar refractivity (Wildman–Crippen MR) is 153 cm³/mol. The second-order valence-corrected chi connectivity index (χ2v) is 11.6. The number of nitrogens with one attached hydrogen (secondary N) is 1. The number of anilines is 1. The Morgan fingerprint density at radius 3 is 2.18 bits per heavy atom. The Hall–Kier alpha value is -3.07. The van der Waals surface area contributed by atoms with Gasteiger partial charge in [-0.1, -0.05) is 77.8 Å². The van der Waals surface area contributed by atoms with E-state index in [1.807, 2.05) is 30.3 Å². The molecule has 0 heterocycles. The number of carbonyl (C=O) groups excluding carboxylic acids is 2. The van der Waals surface area contributed by atoms with Crippen LogP contribution < -0.4 is 9.62 Å². The van der Waals surface area contributed by atoms with E-state index in [1.165, 1.54) is 4.90 Å². The zero-order chi connectivity index (χ0) is 27.9. The molecule has 0 radical (unpaired) electrons. The van der Waals surface area contributed by atoms with Crippen molar-refractivity contribution in [3.05, 3.63) is 99.5 Å². The number of halogens is 2. The number of nitrogens with zero attached hydrogens (tertiary/aromatic N) is 2. The van der Waals surface area contributed by atoms with Crippen LogP contribution in [0.1, 0.15) is 23.6 Å². The Morgan fingerprint density at radius 2 is 1.58 bits per heavy atom. The molecule has 0 aliphatic carbocycles. The maximum absolute atomic E-state index is 14.0. The molecule has 0 aliphatic rings. The fourth-order valence-corrected chi connectivity index (χ4v) is 5.35. The van der Waals surface area contributed by atoms with Gasteiger partial charge in [-0.25, -0.2) is 8.42 Å². The van der Waals surface area contributed by atoms with Crippen molar-refractivity contribution in [2.75, 3.05) is 23.7 Å². The summed E-state index contributed by atoms with van der Waals surface area (Å²) in [6.07, 6.45) is 1.30. The summed E-state index contributed by atoms with van der Waals surface area (Å²) in [6, 6.07) is 20.4. The van der Waals surface area contributed by atoms with E-state index in [2.05, 4.69) is 5.32 Å². The number of rotatable bonds is 11. The molecule has 0 saturated heterocycles. The third-order valence-corrected chi connectivity index (χ3v) is 7.89. The SMILES string of the molecule is CCNC(=O)C(Cc1ccccc1)N(Cc1ccc(Cl)c(Cl)c1)C(=O)CN(c1ccccc1C)S(C)(=O)=O. The molecule has 202 valence electrons. The number of benzene rings is 3. The minimum absolute atomic E-state index is 0.0235. The lowest BCUT2D eigenvalue weighted by atomic mass is 10.0. The molecule has 10 heteroatoms. The average Bonchev–Trinajstić information content (AvgIpc) is 2.87. The Morgan fingerprint density at radius 1 is 0.921 bits per heavy atom. The van der Waals surface area contributed by atoms with Gasteiger partial charge < -0.3 is 10.2 Å². The van der Waals surface area contributed by atoms with E-state index in [-0.39, 0.29) is 18.9 Å². The summed E-state index contributed by atoms with van der Waals surface area (Å²) < 4.78 is 26.7. The fraction of sp³-hybridized carbons (Fsp3) is 0.286. The highest BCUT2D eigenvalue weighted by atomic mass is 35.5. The highest BCUT2D eigenvalue weighted by Crippen LogP contribution is 2.26. The number of para-hydroxylation sites is 1. The van der Waals surface area contributed by atoms with Crippen LogP contribution in [0.5, 0.6) is 0 Å². The van der Waals surface area contributed by atoms with Crippen molar-refractivity contribution in [3.8, 4) is 0 Å². The van der Waals surface area contributed by atoms with E-state index in [4.69, 9.17) is 23.2 Å². The molecule has 0 bridgehead atoms. The molecule has 0 spiro atoms. The van der Waals surface area contributed by atoms with Crippen LogP contribution in [0.15, 0.2) is 72.8 Å². The fourth-order valence-electron chi connectivity index (χ4n) is 4.12. The number of likely N-dealkylation sites (N-methyl/N-ethyl adjacent to an activating group) is 1. The third-order valence-electron chi connectivity index (χ3n) is 6.02. The van der Waals surface area contributed by atoms with Gasteiger partial charge in [0, 0.05) is 19.5 Å². The molecule has 1 unspecified atom stereocenters. The number of hydrogen-bond acceptors (Lipinski definition) is 4. The molecular formula is C28H31Cl2N3O4S. The van der Waals surface area contributed by atoms with Crippen molar-refractivity contribution in [2.45, 2.75) is 32.9 Å². The van der Waals surface area contributed by atoms with E-state index >= 15 is 0 Å². The molecule has 3 aromatic carbocycles.